The second-order valence-corrected chi connectivity index (χ2v) is 7.58. The fraction of sp³-hybridized carbons (Fsp3) is 0.316. The highest BCUT2D eigenvalue weighted by molar-refractivity contribution is 5.58. The van der Waals surface area contributed by atoms with E-state index in [2.05, 4.69) is 35.7 Å². The highest BCUT2D eigenvalue weighted by Crippen LogP contribution is 2.31. The predicted octanol–water partition coefficient (Wildman–Crippen LogP) is 5.25. The lowest BCUT2D eigenvalue weighted by atomic mass is 10.2. The molecule has 3 aromatic heterocycles. The molecule has 0 radical (unpaired) electrons. The van der Waals surface area contributed by atoms with E-state index < -0.39 is 29.3 Å². The summed E-state index contributed by atoms with van der Waals surface area (Å²) in [5, 5.41) is 2.56. The monoisotopic (exact) mass is 473 g/mol. The van der Waals surface area contributed by atoms with Gasteiger partial charge in [0.25, 0.3) is 5.95 Å². The maximum atomic E-state index is 13.1. The quantitative estimate of drug-likeness (QED) is 0.383. The lowest BCUT2D eigenvalue weighted by molar-refractivity contribution is -0.141. The van der Waals surface area contributed by atoms with Crippen LogP contribution in [0, 0.1) is 0 Å². The number of alkyl halides is 6. The molecule has 0 aliphatic carbocycles. The molecular weight excluding hydrogens is 456 g/mol. The van der Waals surface area contributed by atoms with Crippen LogP contribution in [-0.4, -0.2) is 30.5 Å². The molecule has 176 valence electrons. The molecule has 0 aliphatic rings. The summed E-state index contributed by atoms with van der Waals surface area (Å²) in [6.45, 7) is 5.14. The molecule has 0 amide bonds. The summed E-state index contributed by atoms with van der Waals surface area (Å²) in [7, 11) is 0. The van der Waals surface area contributed by atoms with Gasteiger partial charge >= 0.3 is 12.4 Å². The zero-order valence-electron chi connectivity index (χ0n) is 17.4. The number of rotatable bonds is 5. The number of aromatic nitrogens is 5. The number of pyridine rings is 2. The molecule has 14 heteroatoms. The molecule has 3 aromatic rings. The highest BCUT2D eigenvalue weighted by Gasteiger charge is 2.33. The normalized spacial score (nSPS) is 12.5. The Balaban J connectivity index is 2.02. The van der Waals surface area contributed by atoms with Gasteiger partial charge < -0.3 is 5.32 Å². The van der Waals surface area contributed by atoms with E-state index in [9.17, 15) is 26.3 Å². The minimum Gasteiger partial charge on any atom is -0.324 e. The second kappa shape index (κ2) is 8.77. The van der Waals surface area contributed by atoms with E-state index in [0.717, 1.165) is 24.4 Å². The van der Waals surface area contributed by atoms with E-state index >= 15 is 0 Å². The number of nitrogens with one attached hydrogen (secondary N) is 2. The summed E-state index contributed by atoms with van der Waals surface area (Å²) < 4.78 is 78.0. The fourth-order valence-corrected chi connectivity index (χ4v) is 2.30. The molecular formula is C19H17F6N7O. The predicted molar refractivity (Wildman–Crippen MR) is 105 cm³/mol. The first kappa shape index (κ1) is 24.1. The molecule has 0 aliphatic heterocycles. The average Bonchev–Trinajstić information content (AvgIpc) is 2.71. The maximum absolute atomic E-state index is 13.1. The molecule has 0 aromatic carbocycles. The first-order valence-corrected chi connectivity index (χ1v) is 9.26. The number of hydrogen-bond acceptors (Lipinski definition) is 8. The van der Waals surface area contributed by atoms with Gasteiger partial charge in [-0.25, -0.2) is 10.5 Å². The Morgan fingerprint density at radius 2 is 1.45 bits per heavy atom. The van der Waals surface area contributed by atoms with Crippen molar-refractivity contribution >= 4 is 17.6 Å². The van der Waals surface area contributed by atoms with Crippen molar-refractivity contribution in [1.29, 1.82) is 0 Å². The van der Waals surface area contributed by atoms with Crippen molar-refractivity contribution in [3.63, 3.8) is 0 Å². The van der Waals surface area contributed by atoms with Crippen molar-refractivity contribution in [3.8, 4) is 11.5 Å². The third kappa shape index (κ3) is 6.71. The van der Waals surface area contributed by atoms with Crippen LogP contribution in [0.25, 0.3) is 11.5 Å². The van der Waals surface area contributed by atoms with Crippen LogP contribution in [0.3, 0.4) is 0 Å². The van der Waals surface area contributed by atoms with Crippen LogP contribution in [0.15, 0.2) is 36.5 Å². The molecule has 3 heterocycles. The Bertz CT molecular complexity index is 1130. The molecule has 0 bridgehead atoms. The average molecular weight is 473 g/mol. The SMILES string of the molecule is CC(C)(C)ONc1nc(Nc2ccnc(C(F)(F)F)c2)nc(-c2cccc(C(F)(F)F)n2)n1. The standard InChI is InChI=1S/C19H17F6N7O/c1-17(2,3)33-32-16-30-14(11-5-4-6-12(28-11)18(20,21)22)29-15(31-16)27-10-7-8-26-13(9-10)19(23,24)25/h4-9H,1-3H3,(H2,26,27,29,30,31,32). The summed E-state index contributed by atoms with van der Waals surface area (Å²) in [5.74, 6) is -0.746. The summed E-state index contributed by atoms with van der Waals surface area (Å²) in [4.78, 5) is 24.2. The fourth-order valence-electron chi connectivity index (χ4n) is 2.30. The van der Waals surface area contributed by atoms with Gasteiger partial charge in [0.05, 0.1) is 5.60 Å². The van der Waals surface area contributed by atoms with Crippen LogP contribution in [0.1, 0.15) is 32.2 Å². The van der Waals surface area contributed by atoms with Crippen LogP contribution in [0.2, 0.25) is 0 Å². The summed E-state index contributed by atoms with van der Waals surface area (Å²) in [5.41, 5.74) is -0.857. The van der Waals surface area contributed by atoms with Crippen molar-refractivity contribution in [2.45, 2.75) is 38.7 Å². The van der Waals surface area contributed by atoms with Gasteiger partial charge in [0, 0.05) is 11.9 Å². The third-order valence-electron chi connectivity index (χ3n) is 3.66. The smallest absolute Gasteiger partial charge is 0.324 e. The zero-order chi connectivity index (χ0) is 24.4. The van der Waals surface area contributed by atoms with Crippen LogP contribution >= 0.6 is 0 Å². The van der Waals surface area contributed by atoms with E-state index in [-0.39, 0.29) is 29.1 Å². The molecule has 0 saturated heterocycles. The van der Waals surface area contributed by atoms with Crippen molar-refractivity contribution in [3.05, 3.63) is 47.9 Å². The summed E-state index contributed by atoms with van der Waals surface area (Å²) in [6.07, 6.45) is -8.45. The van der Waals surface area contributed by atoms with Gasteiger partial charge in [0.2, 0.25) is 5.95 Å². The molecule has 0 atom stereocenters. The number of hydrogen-bond donors (Lipinski definition) is 2. The molecule has 3 rings (SSSR count). The van der Waals surface area contributed by atoms with Crippen LogP contribution in [0.5, 0.6) is 0 Å². The van der Waals surface area contributed by atoms with Crippen molar-refractivity contribution in [1.82, 2.24) is 24.9 Å². The number of halogens is 6. The van der Waals surface area contributed by atoms with E-state index in [1.807, 2.05) is 0 Å². The highest BCUT2D eigenvalue weighted by atomic mass is 19.4. The van der Waals surface area contributed by atoms with Crippen LogP contribution < -0.4 is 10.8 Å². The first-order valence-electron chi connectivity index (χ1n) is 9.26. The molecule has 0 unspecified atom stereocenters. The Kier molecular flexibility index (Phi) is 6.40. The molecule has 0 fully saturated rings. The van der Waals surface area contributed by atoms with E-state index in [0.29, 0.717) is 0 Å². The lowest BCUT2D eigenvalue weighted by Crippen LogP contribution is -2.24. The molecule has 0 spiro atoms. The lowest BCUT2D eigenvalue weighted by Gasteiger charge is -2.19. The topological polar surface area (TPSA) is 97.7 Å². The second-order valence-electron chi connectivity index (χ2n) is 7.58. The van der Waals surface area contributed by atoms with Gasteiger partial charge in [-0.3, -0.25) is 9.82 Å². The van der Waals surface area contributed by atoms with Crippen molar-refractivity contribution in [2.24, 2.45) is 0 Å². The van der Waals surface area contributed by atoms with E-state index in [1.165, 1.54) is 12.1 Å². The Morgan fingerprint density at radius 1 is 0.788 bits per heavy atom. The third-order valence-corrected chi connectivity index (χ3v) is 3.66. The van der Waals surface area contributed by atoms with Gasteiger partial charge in [-0.15, -0.1) is 0 Å². The Morgan fingerprint density at radius 3 is 2.09 bits per heavy atom. The molecule has 33 heavy (non-hydrogen) atoms. The zero-order valence-corrected chi connectivity index (χ0v) is 17.4. The van der Waals surface area contributed by atoms with Crippen molar-refractivity contribution in [2.75, 3.05) is 10.8 Å². The van der Waals surface area contributed by atoms with Gasteiger partial charge in [0.15, 0.2) is 5.82 Å². The van der Waals surface area contributed by atoms with E-state index in [4.69, 9.17) is 4.84 Å². The number of nitrogens with zero attached hydrogens (tertiary/aromatic N) is 5. The van der Waals surface area contributed by atoms with Gasteiger partial charge in [-0.2, -0.15) is 41.3 Å². The van der Waals surface area contributed by atoms with Crippen molar-refractivity contribution < 1.29 is 31.2 Å². The minimum atomic E-state index is -4.70. The van der Waals surface area contributed by atoms with E-state index in [1.54, 1.807) is 20.8 Å². The summed E-state index contributed by atoms with van der Waals surface area (Å²) >= 11 is 0. The van der Waals surface area contributed by atoms with Gasteiger partial charge in [-0.1, -0.05) is 6.07 Å². The summed E-state index contributed by atoms with van der Waals surface area (Å²) in [6, 6.07) is 5.11. The van der Waals surface area contributed by atoms with Crippen LogP contribution in [-0.2, 0) is 17.2 Å². The van der Waals surface area contributed by atoms with Gasteiger partial charge in [-0.05, 0) is 45.0 Å². The Labute approximate surface area is 183 Å². The first-order chi connectivity index (χ1) is 15.2. The van der Waals surface area contributed by atoms with Crippen LogP contribution in [0.4, 0.5) is 43.9 Å². The largest absolute Gasteiger partial charge is 0.433 e. The molecule has 8 nitrogen and oxygen atoms in total. The minimum absolute atomic E-state index is 0.0610. The van der Waals surface area contributed by atoms with Gasteiger partial charge in [0.1, 0.15) is 17.1 Å². The number of anilines is 3. The maximum Gasteiger partial charge on any atom is 0.433 e. The molecule has 2 N–H and O–H groups in total. The molecule has 0 saturated carbocycles. The Hall–Kier alpha value is -3.55.